The van der Waals surface area contributed by atoms with Gasteiger partial charge in [-0.05, 0) is 40.8 Å². The van der Waals surface area contributed by atoms with Crippen LogP contribution in [0.5, 0.6) is 5.75 Å². The number of fused-ring (bicyclic) bond motifs is 1. The van der Waals surface area contributed by atoms with E-state index < -0.39 is 0 Å². The number of imidazole rings is 1. The molecule has 3 heterocycles. The predicted molar refractivity (Wildman–Crippen MR) is 139 cm³/mol. The van der Waals surface area contributed by atoms with Crippen LogP contribution in [-0.2, 0) is 16.7 Å². The standard InChI is InChI=1S/C27H32N6O3/c1-27(2,3)18-6-8-23(35-4)19(14-18)26(34)31-22-15-28-32-24(22)25-29-20-7-5-17(13-21(20)30-25)16-33-9-11-36-12-10-33/h5-8,13-15H,9-12,16H2,1-4H3,(H,28,32)(H,29,30)(H,31,34). The summed E-state index contributed by atoms with van der Waals surface area (Å²) in [6.45, 7) is 10.6. The van der Waals surface area contributed by atoms with Gasteiger partial charge in [0.15, 0.2) is 5.82 Å². The lowest BCUT2D eigenvalue weighted by atomic mass is 9.86. The lowest BCUT2D eigenvalue weighted by Gasteiger charge is -2.26. The first-order valence-corrected chi connectivity index (χ1v) is 12.1. The van der Waals surface area contributed by atoms with E-state index in [9.17, 15) is 4.79 Å². The molecule has 9 heteroatoms. The Bertz CT molecular complexity index is 1380. The normalized spacial score (nSPS) is 14.8. The van der Waals surface area contributed by atoms with Crippen LogP contribution in [0.4, 0.5) is 5.69 Å². The molecule has 1 fully saturated rings. The highest BCUT2D eigenvalue weighted by atomic mass is 16.5. The average Bonchev–Trinajstić information content (AvgIpc) is 3.50. The van der Waals surface area contributed by atoms with Crippen molar-refractivity contribution in [3.05, 3.63) is 59.3 Å². The molecule has 0 atom stereocenters. The van der Waals surface area contributed by atoms with Crippen LogP contribution in [0.1, 0.15) is 42.3 Å². The van der Waals surface area contributed by atoms with Crippen molar-refractivity contribution >= 4 is 22.6 Å². The van der Waals surface area contributed by atoms with Gasteiger partial charge in [0.2, 0.25) is 0 Å². The summed E-state index contributed by atoms with van der Waals surface area (Å²) in [5.74, 6) is 0.850. The van der Waals surface area contributed by atoms with Gasteiger partial charge in [0.25, 0.3) is 5.91 Å². The molecule has 1 amide bonds. The zero-order chi connectivity index (χ0) is 25.3. The van der Waals surface area contributed by atoms with E-state index in [-0.39, 0.29) is 11.3 Å². The number of amides is 1. The van der Waals surface area contributed by atoms with Gasteiger partial charge in [0.1, 0.15) is 11.4 Å². The monoisotopic (exact) mass is 488 g/mol. The third-order valence-corrected chi connectivity index (χ3v) is 6.49. The zero-order valence-electron chi connectivity index (χ0n) is 21.1. The van der Waals surface area contributed by atoms with Gasteiger partial charge in [-0.25, -0.2) is 4.98 Å². The fourth-order valence-electron chi connectivity index (χ4n) is 4.39. The Kier molecular flexibility index (Phi) is 6.51. The van der Waals surface area contributed by atoms with Gasteiger partial charge in [-0.2, -0.15) is 5.10 Å². The second kappa shape index (κ2) is 9.75. The van der Waals surface area contributed by atoms with Crippen LogP contribution in [0.2, 0.25) is 0 Å². The molecule has 4 aromatic rings. The molecule has 1 aliphatic rings. The number of benzene rings is 2. The minimum absolute atomic E-state index is 0.100. The molecule has 36 heavy (non-hydrogen) atoms. The van der Waals surface area contributed by atoms with Crippen molar-refractivity contribution in [2.75, 3.05) is 38.7 Å². The lowest BCUT2D eigenvalue weighted by molar-refractivity contribution is 0.0342. The van der Waals surface area contributed by atoms with Crippen molar-refractivity contribution in [2.24, 2.45) is 0 Å². The highest BCUT2D eigenvalue weighted by Gasteiger charge is 2.21. The smallest absolute Gasteiger partial charge is 0.259 e. The van der Waals surface area contributed by atoms with Gasteiger partial charge < -0.3 is 19.8 Å². The molecule has 1 saturated heterocycles. The molecule has 1 aliphatic heterocycles. The van der Waals surface area contributed by atoms with Gasteiger partial charge >= 0.3 is 0 Å². The van der Waals surface area contributed by atoms with Crippen molar-refractivity contribution in [3.63, 3.8) is 0 Å². The third-order valence-electron chi connectivity index (χ3n) is 6.49. The number of hydrogen-bond donors (Lipinski definition) is 3. The van der Waals surface area contributed by atoms with Crippen LogP contribution in [0.3, 0.4) is 0 Å². The van der Waals surface area contributed by atoms with Crippen molar-refractivity contribution in [1.29, 1.82) is 0 Å². The number of carbonyl (C=O) groups is 1. The Hall–Kier alpha value is -3.69. The summed E-state index contributed by atoms with van der Waals surface area (Å²) in [5.41, 5.74) is 5.56. The number of anilines is 1. The van der Waals surface area contributed by atoms with Crippen LogP contribution < -0.4 is 10.1 Å². The Morgan fingerprint density at radius 2 is 1.97 bits per heavy atom. The molecule has 0 radical (unpaired) electrons. The number of H-pyrrole nitrogens is 2. The Morgan fingerprint density at radius 3 is 2.72 bits per heavy atom. The summed E-state index contributed by atoms with van der Waals surface area (Å²) in [6.07, 6.45) is 1.59. The molecule has 0 saturated carbocycles. The number of aromatic nitrogens is 4. The summed E-state index contributed by atoms with van der Waals surface area (Å²) in [4.78, 5) is 23.8. The van der Waals surface area contributed by atoms with E-state index in [4.69, 9.17) is 14.5 Å². The van der Waals surface area contributed by atoms with Crippen LogP contribution in [0.25, 0.3) is 22.6 Å². The quantitative estimate of drug-likeness (QED) is 0.373. The van der Waals surface area contributed by atoms with E-state index in [2.05, 4.69) is 58.3 Å². The number of methoxy groups -OCH3 is 1. The molecule has 188 valence electrons. The fraction of sp³-hybridized carbons (Fsp3) is 0.370. The molecular weight excluding hydrogens is 456 g/mol. The second-order valence-electron chi connectivity index (χ2n) is 10.1. The summed E-state index contributed by atoms with van der Waals surface area (Å²) >= 11 is 0. The van der Waals surface area contributed by atoms with Gasteiger partial charge in [0, 0.05) is 19.6 Å². The average molecular weight is 489 g/mol. The summed E-state index contributed by atoms with van der Waals surface area (Å²) in [6, 6.07) is 11.9. The maximum Gasteiger partial charge on any atom is 0.259 e. The second-order valence-corrected chi connectivity index (χ2v) is 10.1. The first-order chi connectivity index (χ1) is 17.3. The van der Waals surface area contributed by atoms with E-state index >= 15 is 0 Å². The minimum Gasteiger partial charge on any atom is -0.496 e. The summed E-state index contributed by atoms with van der Waals surface area (Å²) in [5, 5.41) is 10.1. The molecule has 5 rings (SSSR count). The molecule has 0 bridgehead atoms. The van der Waals surface area contributed by atoms with Crippen molar-refractivity contribution in [1.82, 2.24) is 25.1 Å². The molecule has 0 aliphatic carbocycles. The van der Waals surface area contributed by atoms with E-state index in [0.717, 1.165) is 49.4 Å². The number of rotatable bonds is 6. The van der Waals surface area contributed by atoms with Crippen molar-refractivity contribution < 1.29 is 14.3 Å². The number of carbonyl (C=O) groups excluding carboxylic acids is 1. The summed E-state index contributed by atoms with van der Waals surface area (Å²) in [7, 11) is 1.56. The fourth-order valence-corrected chi connectivity index (χ4v) is 4.39. The first kappa shape index (κ1) is 24.0. The third kappa shape index (κ3) is 4.98. The summed E-state index contributed by atoms with van der Waals surface area (Å²) < 4.78 is 10.9. The molecule has 3 N–H and O–H groups in total. The number of nitrogens with one attached hydrogen (secondary N) is 3. The van der Waals surface area contributed by atoms with Gasteiger partial charge in [-0.3, -0.25) is 14.8 Å². The highest BCUT2D eigenvalue weighted by molar-refractivity contribution is 6.07. The Morgan fingerprint density at radius 1 is 1.17 bits per heavy atom. The Balaban J connectivity index is 1.39. The number of nitrogens with zero attached hydrogens (tertiary/aromatic N) is 3. The zero-order valence-corrected chi connectivity index (χ0v) is 21.1. The number of aromatic amines is 2. The number of hydrogen-bond acceptors (Lipinski definition) is 6. The van der Waals surface area contributed by atoms with E-state index in [1.165, 1.54) is 5.56 Å². The minimum atomic E-state index is -0.274. The predicted octanol–water partition coefficient (Wildman–Crippen LogP) is 4.34. The molecule has 2 aromatic carbocycles. The van der Waals surface area contributed by atoms with Crippen molar-refractivity contribution in [2.45, 2.75) is 32.7 Å². The SMILES string of the molecule is COc1ccc(C(C)(C)C)cc1C(=O)Nc1cn[nH]c1-c1nc2ccc(CN3CCOCC3)cc2[nH]1. The van der Waals surface area contributed by atoms with Gasteiger partial charge in [-0.1, -0.05) is 32.9 Å². The first-order valence-electron chi connectivity index (χ1n) is 12.1. The van der Waals surface area contributed by atoms with Crippen LogP contribution >= 0.6 is 0 Å². The van der Waals surface area contributed by atoms with E-state index in [1.807, 2.05) is 24.3 Å². The van der Waals surface area contributed by atoms with Crippen LogP contribution in [0.15, 0.2) is 42.6 Å². The van der Waals surface area contributed by atoms with Gasteiger partial charge in [0.05, 0.1) is 48.8 Å². The van der Waals surface area contributed by atoms with Crippen LogP contribution in [0, 0.1) is 0 Å². The highest BCUT2D eigenvalue weighted by Crippen LogP contribution is 2.30. The largest absolute Gasteiger partial charge is 0.496 e. The van der Waals surface area contributed by atoms with Crippen molar-refractivity contribution in [3.8, 4) is 17.3 Å². The lowest BCUT2D eigenvalue weighted by Crippen LogP contribution is -2.35. The van der Waals surface area contributed by atoms with E-state index in [1.54, 1.807) is 13.3 Å². The molecular formula is C27H32N6O3. The molecule has 0 spiro atoms. The number of morpholine rings is 1. The van der Waals surface area contributed by atoms with Crippen LogP contribution in [-0.4, -0.2) is 64.4 Å². The maximum absolute atomic E-state index is 13.3. The topological polar surface area (TPSA) is 108 Å². The molecule has 0 unspecified atom stereocenters. The van der Waals surface area contributed by atoms with Gasteiger partial charge in [-0.15, -0.1) is 0 Å². The molecule has 9 nitrogen and oxygen atoms in total. The number of ether oxygens (including phenoxy) is 2. The maximum atomic E-state index is 13.3. The van der Waals surface area contributed by atoms with E-state index in [0.29, 0.717) is 28.5 Å². The Labute approximate surface area is 210 Å². The molecule has 2 aromatic heterocycles.